The van der Waals surface area contributed by atoms with Crippen molar-refractivity contribution < 1.29 is 19.4 Å². The van der Waals surface area contributed by atoms with Gasteiger partial charge < -0.3 is 19.9 Å². The molecule has 1 amide bonds. The van der Waals surface area contributed by atoms with Gasteiger partial charge in [0.05, 0.1) is 12.6 Å². The Bertz CT molecular complexity index is 404. The van der Waals surface area contributed by atoms with E-state index in [2.05, 4.69) is 5.32 Å². The molecule has 0 saturated carbocycles. The second-order valence-corrected chi connectivity index (χ2v) is 4.21. The summed E-state index contributed by atoms with van der Waals surface area (Å²) < 4.78 is 10.5. The lowest BCUT2D eigenvalue weighted by Gasteiger charge is -2.12. The van der Waals surface area contributed by atoms with E-state index in [-0.39, 0.29) is 6.10 Å². The van der Waals surface area contributed by atoms with Crippen molar-refractivity contribution >= 4 is 6.09 Å². The fourth-order valence-corrected chi connectivity index (χ4v) is 1.74. The first-order valence-electron chi connectivity index (χ1n) is 6.04. The third-order valence-electron chi connectivity index (χ3n) is 2.84. The number of benzene rings is 1. The predicted molar refractivity (Wildman–Crippen MR) is 65.5 cm³/mol. The first-order valence-corrected chi connectivity index (χ1v) is 6.04. The number of rotatable bonds is 5. The van der Waals surface area contributed by atoms with Gasteiger partial charge in [0.1, 0.15) is 12.4 Å². The van der Waals surface area contributed by atoms with Gasteiger partial charge in [-0.25, -0.2) is 4.79 Å². The molecule has 1 saturated heterocycles. The van der Waals surface area contributed by atoms with Crippen molar-refractivity contribution in [2.75, 3.05) is 13.2 Å². The van der Waals surface area contributed by atoms with E-state index in [1.807, 2.05) is 19.1 Å². The summed E-state index contributed by atoms with van der Waals surface area (Å²) >= 11 is 0. The van der Waals surface area contributed by atoms with Gasteiger partial charge in [0.25, 0.3) is 0 Å². The SMILES string of the molecule is CC[C@H](O)c1ccc(OCC2CNC(=O)O2)cc1. The van der Waals surface area contributed by atoms with E-state index in [1.165, 1.54) is 0 Å². The standard InChI is InChI=1S/C13H17NO4/c1-2-12(15)9-3-5-10(6-4-9)17-8-11-7-14-13(16)18-11/h3-6,11-12,15H,2,7-8H2,1H3,(H,14,16)/t11?,12-/m0/s1. The maximum absolute atomic E-state index is 10.8. The van der Waals surface area contributed by atoms with Gasteiger partial charge in [-0.05, 0) is 24.1 Å². The quantitative estimate of drug-likeness (QED) is 0.834. The Morgan fingerprint density at radius 1 is 1.50 bits per heavy atom. The van der Waals surface area contributed by atoms with Gasteiger partial charge in [-0.3, -0.25) is 0 Å². The first kappa shape index (κ1) is 12.7. The number of alkyl carbamates (subject to hydrolysis) is 1. The van der Waals surface area contributed by atoms with Crippen molar-refractivity contribution in [3.63, 3.8) is 0 Å². The summed E-state index contributed by atoms with van der Waals surface area (Å²) in [6, 6.07) is 7.28. The highest BCUT2D eigenvalue weighted by atomic mass is 16.6. The van der Waals surface area contributed by atoms with Crippen LogP contribution in [0.2, 0.25) is 0 Å². The summed E-state index contributed by atoms with van der Waals surface area (Å²) in [4.78, 5) is 10.8. The normalized spacial score (nSPS) is 20.1. The highest BCUT2D eigenvalue weighted by molar-refractivity contribution is 5.69. The fraction of sp³-hybridized carbons (Fsp3) is 0.462. The summed E-state index contributed by atoms with van der Waals surface area (Å²) in [5, 5.41) is 12.2. The number of carbonyl (C=O) groups excluding carboxylic acids is 1. The molecular formula is C13H17NO4. The molecule has 1 aromatic rings. The lowest BCUT2D eigenvalue weighted by molar-refractivity contribution is 0.105. The molecule has 2 rings (SSSR count). The summed E-state index contributed by atoms with van der Waals surface area (Å²) in [5.41, 5.74) is 0.874. The lowest BCUT2D eigenvalue weighted by Crippen LogP contribution is -2.21. The molecule has 1 aromatic carbocycles. The smallest absolute Gasteiger partial charge is 0.407 e. The van der Waals surface area contributed by atoms with E-state index in [4.69, 9.17) is 9.47 Å². The fourth-order valence-electron chi connectivity index (χ4n) is 1.74. The Morgan fingerprint density at radius 2 is 2.22 bits per heavy atom. The number of aliphatic hydroxyl groups excluding tert-OH is 1. The summed E-state index contributed by atoms with van der Waals surface area (Å²) in [6.45, 7) is 2.73. The lowest BCUT2D eigenvalue weighted by atomic mass is 10.1. The molecule has 0 aromatic heterocycles. The monoisotopic (exact) mass is 251 g/mol. The molecule has 0 aliphatic carbocycles. The largest absolute Gasteiger partial charge is 0.490 e. The molecule has 98 valence electrons. The first-order chi connectivity index (χ1) is 8.69. The molecule has 0 radical (unpaired) electrons. The number of carbonyl (C=O) groups is 1. The Morgan fingerprint density at radius 3 is 2.78 bits per heavy atom. The van der Waals surface area contributed by atoms with E-state index >= 15 is 0 Å². The zero-order valence-electron chi connectivity index (χ0n) is 10.3. The highest BCUT2D eigenvalue weighted by Gasteiger charge is 2.22. The van der Waals surface area contributed by atoms with Gasteiger partial charge >= 0.3 is 6.09 Å². The Hall–Kier alpha value is -1.75. The Kier molecular flexibility index (Phi) is 4.04. The number of cyclic esters (lactones) is 1. The van der Waals surface area contributed by atoms with Crippen LogP contribution in [0.5, 0.6) is 5.75 Å². The van der Waals surface area contributed by atoms with Crippen LogP contribution in [0, 0.1) is 0 Å². The Balaban J connectivity index is 1.84. The molecule has 2 atom stereocenters. The van der Waals surface area contributed by atoms with Gasteiger partial charge in [0.2, 0.25) is 0 Å². The van der Waals surface area contributed by atoms with Crippen molar-refractivity contribution in [2.45, 2.75) is 25.6 Å². The van der Waals surface area contributed by atoms with Crippen molar-refractivity contribution in [2.24, 2.45) is 0 Å². The van der Waals surface area contributed by atoms with Crippen LogP contribution in [0.1, 0.15) is 25.0 Å². The average molecular weight is 251 g/mol. The summed E-state index contributed by atoms with van der Waals surface area (Å²) in [5.74, 6) is 0.699. The van der Waals surface area contributed by atoms with Crippen molar-refractivity contribution in [3.05, 3.63) is 29.8 Å². The molecule has 5 nitrogen and oxygen atoms in total. The molecule has 1 unspecified atom stereocenters. The maximum Gasteiger partial charge on any atom is 0.407 e. The molecule has 1 aliphatic rings. The van der Waals surface area contributed by atoms with Crippen LogP contribution in [0.4, 0.5) is 4.79 Å². The van der Waals surface area contributed by atoms with Crippen LogP contribution in [-0.4, -0.2) is 30.5 Å². The van der Waals surface area contributed by atoms with E-state index in [1.54, 1.807) is 12.1 Å². The van der Waals surface area contributed by atoms with Crippen molar-refractivity contribution in [1.29, 1.82) is 0 Å². The third-order valence-corrected chi connectivity index (χ3v) is 2.84. The molecule has 1 aliphatic heterocycles. The molecule has 0 spiro atoms. The van der Waals surface area contributed by atoms with Crippen LogP contribution >= 0.6 is 0 Å². The van der Waals surface area contributed by atoms with Crippen molar-refractivity contribution in [1.82, 2.24) is 5.32 Å². The second-order valence-electron chi connectivity index (χ2n) is 4.21. The minimum atomic E-state index is -0.431. The molecule has 2 N–H and O–H groups in total. The summed E-state index contributed by atoms with van der Waals surface area (Å²) in [7, 11) is 0. The number of hydrogen-bond donors (Lipinski definition) is 2. The molecule has 18 heavy (non-hydrogen) atoms. The van der Waals surface area contributed by atoms with Gasteiger partial charge in [0.15, 0.2) is 6.10 Å². The number of aliphatic hydroxyl groups is 1. The van der Waals surface area contributed by atoms with Crippen LogP contribution in [0.25, 0.3) is 0 Å². The number of amides is 1. The molecule has 5 heteroatoms. The van der Waals surface area contributed by atoms with Crippen LogP contribution in [0.3, 0.4) is 0 Å². The molecular weight excluding hydrogens is 234 g/mol. The van der Waals surface area contributed by atoms with E-state index in [0.29, 0.717) is 25.3 Å². The minimum Gasteiger partial charge on any atom is -0.490 e. The second kappa shape index (κ2) is 5.73. The van der Waals surface area contributed by atoms with E-state index in [0.717, 1.165) is 5.56 Å². The minimum absolute atomic E-state index is 0.238. The van der Waals surface area contributed by atoms with E-state index in [9.17, 15) is 9.90 Å². The number of hydrogen-bond acceptors (Lipinski definition) is 4. The van der Waals surface area contributed by atoms with Crippen LogP contribution in [-0.2, 0) is 4.74 Å². The highest BCUT2D eigenvalue weighted by Crippen LogP contribution is 2.20. The third kappa shape index (κ3) is 3.13. The predicted octanol–water partition coefficient (Wildman–Crippen LogP) is 1.62. The zero-order chi connectivity index (χ0) is 13.0. The number of ether oxygens (including phenoxy) is 2. The van der Waals surface area contributed by atoms with Crippen LogP contribution in [0.15, 0.2) is 24.3 Å². The average Bonchev–Trinajstić information content (AvgIpc) is 2.82. The molecule has 0 bridgehead atoms. The van der Waals surface area contributed by atoms with E-state index < -0.39 is 12.2 Å². The topological polar surface area (TPSA) is 67.8 Å². The summed E-state index contributed by atoms with van der Waals surface area (Å²) in [6.07, 6.45) is -0.383. The van der Waals surface area contributed by atoms with Gasteiger partial charge in [0, 0.05) is 0 Å². The van der Waals surface area contributed by atoms with Crippen LogP contribution < -0.4 is 10.1 Å². The Labute approximate surface area is 106 Å². The maximum atomic E-state index is 10.8. The van der Waals surface area contributed by atoms with Gasteiger partial charge in [-0.1, -0.05) is 19.1 Å². The zero-order valence-corrected chi connectivity index (χ0v) is 10.3. The molecule has 1 fully saturated rings. The number of nitrogens with one attached hydrogen (secondary N) is 1. The van der Waals surface area contributed by atoms with Gasteiger partial charge in [-0.15, -0.1) is 0 Å². The van der Waals surface area contributed by atoms with Gasteiger partial charge in [-0.2, -0.15) is 0 Å². The van der Waals surface area contributed by atoms with Crippen molar-refractivity contribution in [3.8, 4) is 5.75 Å². The molecule has 1 heterocycles.